The van der Waals surface area contributed by atoms with Gasteiger partial charge in [-0.2, -0.15) is 0 Å². The zero-order valence-corrected chi connectivity index (χ0v) is 11.4. The van der Waals surface area contributed by atoms with Gasteiger partial charge in [-0.25, -0.2) is 4.79 Å². The van der Waals surface area contributed by atoms with Gasteiger partial charge in [-0.1, -0.05) is 19.1 Å². The summed E-state index contributed by atoms with van der Waals surface area (Å²) in [5.41, 5.74) is 1.47. The predicted molar refractivity (Wildman–Crippen MR) is 75.4 cm³/mol. The fourth-order valence-corrected chi connectivity index (χ4v) is 2.69. The van der Waals surface area contributed by atoms with E-state index in [1.165, 1.54) is 19.4 Å². The summed E-state index contributed by atoms with van der Waals surface area (Å²) in [5, 5.41) is 12.3. The molecule has 2 rings (SSSR count). The Morgan fingerprint density at radius 1 is 1.42 bits per heavy atom. The number of nitrogens with one attached hydrogen (secondary N) is 1. The van der Waals surface area contributed by atoms with Gasteiger partial charge >= 0.3 is 5.97 Å². The number of likely N-dealkylation sites (tertiary alicyclic amines) is 1. The van der Waals surface area contributed by atoms with Gasteiger partial charge in [-0.3, -0.25) is 4.90 Å². The Bertz CT molecular complexity index is 417. The quantitative estimate of drug-likeness (QED) is 0.823. The van der Waals surface area contributed by atoms with E-state index in [1.54, 1.807) is 12.1 Å². The Labute approximate surface area is 114 Å². The number of hydrogen-bond donors (Lipinski definition) is 2. The van der Waals surface area contributed by atoms with Crippen molar-refractivity contribution in [2.45, 2.75) is 32.4 Å². The average Bonchev–Trinajstić information content (AvgIpc) is 2.87. The zero-order valence-electron chi connectivity index (χ0n) is 11.4. The number of carboxylic acid groups (broad SMARTS) is 1. The number of hydrogen-bond acceptors (Lipinski definition) is 3. The minimum absolute atomic E-state index is 0.344. The van der Waals surface area contributed by atoms with Crippen molar-refractivity contribution in [1.29, 1.82) is 0 Å². The van der Waals surface area contributed by atoms with E-state index in [0.717, 1.165) is 25.2 Å². The van der Waals surface area contributed by atoms with Gasteiger partial charge in [0.15, 0.2) is 0 Å². The van der Waals surface area contributed by atoms with E-state index in [0.29, 0.717) is 11.6 Å². The molecule has 1 aromatic carbocycles. The van der Waals surface area contributed by atoms with E-state index in [9.17, 15) is 4.79 Å². The summed E-state index contributed by atoms with van der Waals surface area (Å²) in [6.07, 6.45) is 2.58. The highest BCUT2D eigenvalue weighted by Crippen LogP contribution is 2.15. The predicted octanol–water partition coefficient (Wildman–Crippen LogP) is 1.96. The lowest BCUT2D eigenvalue weighted by atomic mass is 10.1. The fourth-order valence-electron chi connectivity index (χ4n) is 2.69. The third-order valence-electron chi connectivity index (χ3n) is 3.82. The van der Waals surface area contributed by atoms with Gasteiger partial charge in [0.05, 0.1) is 5.56 Å². The molecule has 1 fully saturated rings. The molecule has 1 aliphatic heterocycles. The molecule has 1 saturated heterocycles. The van der Waals surface area contributed by atoms with Crippen molar-refractivity contribution >= 4 is 5.97 Å². The Morgan fingerprint density at radius 2 is 2.16 bits per heavy atom. The highest BCUT2D eigenvalue weighted by Gasteiger charge is 2.21. The van der Waals surface area contributed by atoms with Crippen molar-refractivity contribution in [2.24, 2.45) is 0 Å². The zero-order chi connectivity index (χ0) is 13.7. The molecule has 19 heavy (non-hydrogen) atoms. The Morgan fingerprint density at radius 3 is 2.79 bits per heavy atom. The van der Waals surface area contributed by atoms with Crippen LogP contribution in [0.1, 0.15) is 35.7 Å². The molecule has 1 heterocycles. The van der Waals surface area contributed by atoms with Crippen LogP contribution < -0.4 is 5.32 Å². The van der Waals surface area contributed by atoms with Crippen LogP contribution in [0.5, 0.6) is 0 Å². The summed E-state index contributed by atoms with van der Waals surface area (Å²) in [7, 11) is 0. The van der Waals surface area contributed by atoms with E-state index in [-0.39, 0.29) is 0 Å². The molecular weight excluding hydrogens is 240 g/mol. The average molecular weight is 262 g/mol. The van der Waals surface area contributed by atoms with Gasteiger partial charge in [0.25, 0.3) is 0 Å². The SMILES string of the molecule is CCN1CCC[C@H]1CNCc1ccc(C(=O)O)cc1. The summed E-state index contributed by atoms with van der Waals surface area (Å²) < 4.78 is 0. The fraction of sp³-hybridized carbons (Fsp3) is 0.533. The van der Waals surface area contributed by atoms with Gasteiger partial charge in [-0.15, -0.1) is 0 Å². The molecule has 0 bridgehead atoms. The number of likely N-dealkylation sites (N-methyl/N-ethyl adjacent to an activating group) is 1. The number of carbonyl (C=O) groups is 1. The smallest absolute Gasteiger partial charge is 0.335 e. The highest BCUT2D eigenvalue weighted by molar-refractivity contribution is 5.87. The summed E-state index contributed by atoms with van der Waals surface area (Å²) >= 11 is 0. The van der Waals surface area contributed by atoms with Crippen molar-refractivity contribution in [1.82, 2.24) is 10.2 Å². The Kier molecular flexibility index (Phi) is 4.93. The normalized spacial score (nSPS) is 19.7. The second-order valence-corrected chi connectivity index (χ2v) is 5.06. The van der Waals surface area contributed by atoms with Crippen LogP contribution in [0.3, 0.4) is 0 Å². The molecule has 1 atom stereocenters. The molecule has 2 N–H and O–H groups in total. The van der Waals surface area contributed by atoms with Crippen LogP contribution in [0.25, 0.3) is 0 Å². The number of nitrogens with zero attached hydrogens (tertiary/aromatic N) is 1. The van der Waals surface area contributed by atoms with E-state index in [2.05, 4.69) is 17.1 Å². The minimum atomic E-state index is -0.871. The first-order valence-electron chi connectivity index (χ1n) is 6.97. The lowest BCUT2D eigenvalue weighted by Gasteiger charge is -2.23. The molecule has 1 aromatic rings. The second kappa shape index (κ2) is 6.68. The van der Waals surface area contributed by atoms with Crippen LogP contribution >= 0.6 is 0 Å². The lowest BCUT2D eigenvalue weighted by Crippen LogP contribution is -2.37. The minimum Gasteiger partial charge on any atom is -0.478 e. The molecule has 0 aromatic heterocycles. The first kappa shape index (κ1) is 14.0. The molecule has 4 nitrogen and oxygen atoms in total. The van der Waals surface area contributed by atoms with Crippen molar-refractivity contribution in [2.75, 3.05) is 19.6 Å². The maximum Gasteiger partial charge on any atom is 0.335 e. The second-order valence-electron chi connectivity index (χ2n) is 5.06. The van der Waals surface area contributed by atoms with E-state index < -0.39 is 5.97 Å². The first-order valence-corrected chi connectivity index (χ1v) is 6.97. The molecule has 0 amide bonds. The first-order chi connectivity index (χ1) is 9.20. The number of carboxylic acids is 1. The van der Waals surface area contributed by atoms with Crippen LogP contribution in [0.4, 0.5) is 0 Å². The summed E-state index contributed by atoms with van der Waals surface area (Å²) in [4.78, 5) is 13.3. The van der Waals surface area contributed by atoms with E-state index in [4.69, 9.17) is 5.11 Å². The summed E-state index contributed by atoms with van der Waals surface area (Å²) in [6, 6.07) is 7.73. The molecule has 1 aliphatic rings. The van der Waals surface area contributed by atoms with Crippen molar-refractivity contribution in [3.63, 3.8) is 0 Å². The van der Waals surface area contributed by atoms with Gasteiger partial charge in [-0.05, 0) is 43.6 Å². The van der Waals surface area contributed by atoms with Crippen molar-refractivity contribution in [3.8, 4) is 0 Å². The highest BCUT2D eigenvalue weighted by atomic mass is 16.4. The lowest BCUT2D eigenvalue weighted by molar-refractivity contribution is 0.0697. The van der Waals surface area contributed by atoms with Gasteiger partial charge in [0.2, 0.25) is 0 Å². The monoisotopic (exact) mass is 262 g/mol. The van der Waals surface area contributed by atoms with Crippen LogP contribution in [0.2, 0.25) is 0 Å². The standard InChI is InChI=1S/C15H22N2O2/c1-2-17-9-3-4-14(17)11-16-10-12-5-7-13(8-6-12)15(18)19/h5-8,14,16H,2-4,9-11H2,1H3,(H,18,19)/t14-/m0/s1. The third-order valence-corrected chi connectivity index (χ3v) is 3.82. The van der Waals surface area contributed by atoms with E-state index >= 15 is 0 Å². The van der Waals surface area contributed by atoms with E-state index in [1.807, 2.05) is 12.1 Å². The molecule has 0 radical (unpaired) electrons. The summed E-state index contributed by atoms with van der Waals surface area (Å²) in [5.74, 6) is -0.871. The maximum atomic E-state index is 10.7. The Balaban J connectivity index is 1.77. The molecule has 0 unspecified atom stereocenters. The third kappa shape index (κ3) is 3.78. The van der Waals surface area contributed by atoms with Crippen molar-refractivity contribution in [3.05, 3.63) is 35.4 Å². The van der Waals surface area contributed by atoms with Crippen LogP contribution in [0, 0.1) is 0 Å². The van der Waals surface area contributed by atoms with Gasteiger partial charge < -0.3 is 10.4 Å². The largest absolute Gasteiger partial charge is 0.478 e. The molecule has 0 aliphatic carbocycles. The van der Waals surface area contributed by atoms with Gasteiger partial charge in [0.1, 0.15) is 0 Å². The van der Waals surface area contributed by atoms with Crippen LogP contribution in [-0.2, 0) is 6.54 Å². The number of rotatable bonds is 6. The maximum absolute atomic E-state index is 10.7. The molecule has 0 saturated carbocycles. The number of aromatic carboxylic acids is 1. The molecule has 0 spiro atoms. The molecule has 104 valence electrons. The molecular formula is C15H22N2O2. The van der Waals surface area contributed by atoms with Crippen LogP contribution in [-0.4, -0.2) is 41.7 Å². The summed E-state index contributed by atoms with van der Waals surface area (Å²) in [6.45, 7) is 6.36. The topological polar surface area (TPSA) is 52.6 Å². The van der Waals surface area contributed by atoms with Crippen molar-refractivity contribution < 1.29 is 9.90 Å². The molecule has 4 heteroatoms. The Hall–Kier alpha value is -1.39. The number of benzene rings is 1. The van der Waals surface area contributed by atoms with Crippen LogP contribution in [0.15, 0.2) is 24.3 Å². The van der Waals surface area contributed by atoms with Gasteiger partial charge in [0, 0.05) is 19.1 Å².